The number of aliphatic imine (C=N–C) groups is 1. The van der Waals surface area contributed by atoms with Gasteiger partial charge < -0.3 is 19.7 Å². The van der Waals surface area contributed by atoms with E-state index in [9.17, 15) is 8.78 Å². The molecule has 5 nitrogen and oxygen atoms in total. The summed E-state index contributed by atoms with van der Waals surface area (Å²) in [6, 6.07) is 9.09. The highest BCUT2D eigenvalue weighted by molar-refractivity contribution is 7.09. The van der Waals surface area contributed by atoms with Gasteiger partial charge in [0.1, 0.15) is 0 Å². The molecular weight excluding hydrogens is 372 g/mol. The predicted molar refractivity (Wildman–Crippen MR) is 105 cm³/mol. The molecule has 1 heterocycles. The average Bonchev–Trinajstić information content (AvgIpc) is 3.16. The Kier molecular flexibility index (Phi) is 8.32. The summed E-state index contributed by atoms with van der Waals surface area (Å²) in [5.41, 5.74) is 0.758. The average molecular weight is 397 g/mol. The summed E-state index contributed by atoms with van der Waals surface area (Å²) in [5.74, 6) is 1.04. The third kappa shape index (κ3) is 6.71. The molecule has 1 aromatic heterocycles. The molecule has 8 heteroatoms. The number of guanidine groups is 1. The topological polar surface area (TPSA) is 46.1 Å². The molecular formula is C19H25F2N3O2S. The lowest BCUT2D eigenvalue weighted by Gasteiger charge is -2.22. The van der Waals surface area contributed by atoms with Crippen molar-refractivity contribution >= 4 is 17.3 Å². The first-order valence-electron chi connectivity index (χ1n) is 8.67. The van der Waals surface area contributed by atoms with Crippen molar-refractivity contribution in [3.05, 3.63) is 46.2 Å². The van der Waals surface area contributed by atoms with Gasteiger partial charge in [-0.25, -0.2) is 4.99 Å². The number of rotatable bonds is 9. The number of nitrogens with zero attached hydrogens (tertiary/aromatic N) is 2. The molecule has 0 aliphatic carbocycles. The second-order valence-corrected chi connectivity index (χ2v) is 6.82. The van der Waals surface area contributed by atoms with Crippen LogP contribution in [0.15, 0.2) is 40.7 Å². The van der Waals surface area contributed by atoms with E-state index >= 15 is 0 Å². The van der Waals surface area contributed by atoms with Gasteiger partial charge in [-0.15, -0.1) is 11.3 Å². The van der Waals surface area contributed by atoms with Crippen LogP contribution in [0.1, 0.15) is 17.4 Å². The summed E-state index contributed by atoms with van der Waals surface area (Å²) in [4.78, 5) is 7.99. The molecule has 0 aliphatic heterocycles. The van der Waals surface area contributed by atoms with E-state index in [-0.39, 0.29) is 11.5 Å². The number of halogens is 2. The highest BCUT2D eigenvalue weighted by Crippen LogP contribution is 2.29. The van der Waals surface area contributed by atoms with Crippen LogP contribution in [0.3, 0.4) is 0 Å². The number of methoxy groups -OCH3 is 1. The zero-order valence-electron chi connectivity index (χ0n) is 15.7. The highest BCUT2D eigenvalue weighted by Gasteiger charge is 2.12. The number of hydrogen-bond donors (Lipinski definition) is 1. The van der Waals surface area contributed by atoms with Crippen LogP contribution in [0, 0.1) is 0 Å². The number of hydrogen-bond acceptors (Lipinski definition) is 4. The highest BCUT2D eigenvalue weighted by atomic mass is 32.1. The Labute approximate surface area is 162 Å². The van der Waals surface area contributed by atoms with Gasteiger partial charge in [-0.3, -0.25) is 0 Å². The van der Waals surface area contributed by atoms with E-state index in [1.54, 1.807) is 23.5 Å². The van der Waals surface area contributed by atoms with E-state index in [2.05, 4.69) is 31.4 Å². The maximum absolute atomic E-state index is 12.6. The third-order valence-electron chi connectivity index (χ3n) is 3.83. The summed E-state index contributed by atoms with van der Waals surface area (Å²) < 4.78 is 34.7. The first-order chi connectivity index (χ1) is 13.0. The molecule has 2 rings (SSSR count). The minimum Gasteiger partial charge on any atom is -0.493 e. The van der Waals surface area contributed by atoms with E-state index in [1.165, 1.54) is 18.1 Å². The molecule has 0 spiro atoms. The lowest BCUT2D eigenvalue weighted by molar-refractivity contribution is -0.0512. The fraction of sp³-hybridized carbons (Fsp3) is 0.421. The van der Waals surface area contributed by atoms with Crippen molar-refractivity contribution in [1.82, 2.24) is 10.2 Å². The molecule has 0 amide bonds. The molecule has 0 saturated heterocycles. The molecule has 148 valence electrons. The number of benzene rings is 1. The number of likely N-dealkylation sites (N-methyl/N-ethyl adjacent to an activating group) is 1. The maximum atomic E-state index is 12.6. The first-order valence-corrected chi connectivity index (χ1v) is 9.55. The number of nitrogens with one attached hydrogen (secondary N) is 1. The van der Waals surface area contributed by atoms with Crippen molar-refractivity contribution in [2.45, 2.75) is 26.5 Å². The molecule has 0 saturated carbocycles. The molecule has 0 bridgehead atoms. The van der Waals surface area contributed by atoms with E-state index in [1.807, 2.05) is 20.0 Å². The van der Waals surface area contributed by atoms with Crippen molar-refractivity contribution in [1.29, 1.82) is 0 Å². The Balaban J connectivity index is 2.06. The SMILES string of the molecule is CCNC(=NCc1ccc(OC)c(OC(F)F)c1)N(C)CCc1cccs1. The summed E-state index contributed by atoms with van der Waals surface area (Å²) in [6.07, 6.45) is 0.938. The van der Waals surface area contributed by atoms with Crippen LogP contribution < -0.4 is 14.8 Å². The van der Waals surface area contributed by atoms with Gasteiger partial charge in [-0.1, -0.05) is 12.1 Å². The summed E-state index contributed by atoms with van der Waals surface area (Å²) in [5, 5.41) is 5.32. The second-order valence-electron chi connectivity index (χ2n) is 5.78. The smallest absolute Gasteiger partial charge is 0.387 e. The zero-order chi connectivity index (χ0) is 19.6. The van der Waals surface area contributed by atoms with Gasteiger partial charge >= 0.3 is 6.61 Å². The monoisotopic (exact) mass is 397 g/mol. The molecule has 0 atom stereocenters. The zero-order valence-corrected chi connectivity index (χ0v) is 16.6. The van der Waals surface area contributed by atoms with Crippen LogP contribution in [0.2, 0.25) is 0 Å². The minimum atomic E-state index is -2.90. The Hall–Kier alpha value is -2.35. The molecule has 0 aliphatic rings. The number of ether oxygens (including phenoxy) is 2. The van der Waals surface area contributed by atoms with Crippen molar-refractivity contribution in [2.75, 3.05) is 27.2 Å². The molecule has 1 aromatic carbocycles. The van der Waals surface area contributed by atoms with Gasteiger partial charge in [-0.05, 0) is 42.5 Å². The van der Waals surface area contributed by atoms with E-state index in [0.717, 1.165) is 31.0 Å². The fourth-order valence-electron chi connectivity index (χ4n) is 2.48. The lowest BCUT2D eigenvalue weighted by atomic mass is 10.2. The van der Waals surface area contributed by atoms with Crippen LogP contribution in [0.25, 0.3) is 0 Å². The van der Waals surface area contributed by atoms with Crippen LogP contribution in [-0.2, 0) is 13.0 Å². The van der Waals surface area contributed by atoms with Gasteiger partial charge in [0.25, 0.3) is 0 Å². The molecule has 0 unspecified atom stereocenters. The Morgan fingerprint density at radius 2 is 2.11 bits per heavy atom. The van der Waals surface area contributed by atoms with Crippen molar-refractivity contribution < 1.29 is 18.3 Å². The second kappa shape index (κ2) is 10.7. The van der Waals surface area contributed by atoms with Gasteiger partial charge in [0, 0.05) is 25.0 Å². The van der Waals surface area contributed by atoms with Gasteiger partial charge in [0.15, 0.2) is 17.5 Å². The van der Waals surface area contributed by atoms with Crippen LogP contribution in [0.5, 0.6) is 11.5 Å². The van der Waals surface area contributed by atoms with Gasteiger partial charge in [-0.2, -0.15) is 8.78 Å². The molecule has 1 N–H and O–H groups in total. The van der Waals surface area contributed by atoms with Crippen LogP contribution in [-0.4, -0.2) is 44.7 Å². The fourth-order valence-corrected chi connectivity index (χ4v) is 3.18. The van der Waals surface area contributed by atoms with E-state index < -0.39 is 6.61 Å². The predicted octanol–water partition coefficient (Wildman–Crippen LogP) is 4.00. The van der Waals surface area contributed by atoms with Crippen molar-refractivity contribution in [3.8, 4) is 11.5 Å². The standard InChI is InChI=1S/C19H25F2N3O2S/c1-4-22-19(24(2)10-9-15-6-5-11-27-15)23-13-14-7-8-16(25-3)17(12-14)26-18(20)21/h5-8,11-12,18H,4,9-10,13H2,1-3H3,(H,22,23). The third-order valence-corrected chi connectivity index (χ3v) is 4.76. The Morgan fingerprint density at radius 1 is 1.30 bits per heavy atom. The van der Waals surface area contributed by atoms with E-state index in [4.69, 9.17) is 4.74 Å². The first kappa shape index (κ1) is 21.0. The minimum absolute atomic E-state index is 0.0104. The van der Waals surface area contributed by atoms with Gasteiger partial charge in [0.05, 0.1) is 13.7 Å². The maximum Gasteiger partial charge on any atom is 0.387 e. The summed E-state index contributed by atoms with van der Waals surface area (Å²) in [7, 11) is 3.39. The van der Waals surface area contributed by atoms with Crippen LogP contribution >= 0.6 is 11.3 Å². The molecule has 2 aromatic rings. The molecule has 0 radical (unpaired) electrons. The number of alkyl halides is 2. The van der Waals surface area contributed by atoms with Gasteiger partial charge in [0.2, 0.25) is 0 Å². The summed E-state index contributed by atoms with van der Waals surface area (Å²) >= 11 is 1.74. The lowest BCUT2D eigenvalue weighted by Crippen LogP contribution is -2.39. The Morgan fingerprint density at radius 3 is 2.74 bits per heavy atom. The van der Waals surface area contributed by atoms with Crippen molar-refractivity contribution in [2.24, 2.45) is 4.99 Å². The van der Waals surface area contributed by atoms with Crippen molar-refractivity contribution in [3.63, 3.8) is 0 Å². The number of thiophene rings is 1. The molecule has 0 fully saturated rings. The summed E-state index contributed by atoms with van der Waals surface area (Å²) in [6.45, 7) is 1.01. The van der Waals surface area contributed by atoms with E-state index in [0.29, 0.717) is 6.54 Å². The quantitative estimate of drug-likeness (QED) is 0.513. The van der Waals surface area contributed by atoms with Crippen LogP contribution in [0.4, 0.5) is 8.78 Å². The largest absolute Gasteiger partial charge is 0.493 e. The normalized spacial score (nSPS) is 11.6. The molecule has 27 heavy (non-hydrogen) atoms. The Bertz CT molecular complexity index is 724.